The molecule has 12 heterocycles. The number of urea groups is 1. The lowest BCUT2D eigenvalue weighted by Gasteiger charge is -2.30. The van der Waals surface area contributed by atoms with E-state index in [0.717, 1.165) is 38.8 Å². The number of carbonyl (C=O) groups excluding carboxylic acids is 5. The Bertz CT molecular complexity index is 5370. The number of benzene rings is 2. The zero-order valence-electron chi connectivity index (χ0n) is 68.9. The van der Waals surface area contributed by atoms with Crippen LogP contribution in [0.15, 0.2) is 84.4 Å². The zero-order valence-corrected chi connectivity index (χ0v) is 74.1. The third-order valence-electron chi connectivity index (χ3n) is 20.7. The minimum atomic E-state index is -4.05. The Morgan fingerprint density at radius 2 is 1.07 bits per heavy atom. The van der Waals surface area contributed by atoms with Crippen molar-refractivity contribution in [2.24, 2.45) is 0 Å². The lowest BCUT2D eigenvalue weighted by Crippen LogP contribution is -2.44. The van der Waals surface area contributed by atoms with Crippen LogP contribution in [0.1, 0.15) is 121 Å². The number of aliphatic hydroxyl groups is 6. The quantitative estimate of drug-likeness (QED) is 0.0139. The average molecular weight is 1820 g/mol. The number of aryl methyl sites for hydroxylation is 3. The topological polar surface area (TPSA) is 553 Å². The Kier molecular flexibility index (Phi) is 28.7. The second kappa shape index (κ2) is 37.7. The van der Waals surface area contributed by atoms with Crippen LogP contribution in [-0.2, 0) is 74.9 Å². The molecule has 10 N–H and O–H groups in total. The number of ether oxygens (including phenoxy) is 8. The van der Waals surface area contributed by atoms with Crippen molar-refractivity contribution in [3.8, 4) is 11.8 Å². The van der Waals surface area contributed by atoms with E-state index in [2.05, 4.69) is 60.1 Å². The molecule has 14 rings (SSSR count). The van der Waals surface area contributed by atoms with E-state index < -0.39 is 177 Å². The SMILES string of the molecule is COc1nc(C)nc2c1ncn2C1O[C@H](COP(=O)(NC(C)C(=O)OC(C)C)SCC2C(=O)N(C)C(=O)N2C)[C@@H](O)[C@@]1(C)O.COc1nc(C)nc2c1ncn2C1O[C@H](COP2(=O)NC(C(=O)OC(C)c3ccccc3)CCS2)[C@@H](O)[C@@]1(C)O.Cc1nc2c(ncn2C2O[C@H](COP3(=O)NC(C(=O)OC(C)c4ccccc4)CS3)[C@@H](O)[C@@]2(C)O)c(=O)[nH]1. The van der Waals surface area contributed by atoms with Gasteiger partial charge in [0.2, 0.25) is 11.8 Å². The van der Waals surface area contributed by atoms with Gasteiger partial charge in [-0.2, -0.15) is 9.97 Å². The highest BCUT2D eigenvalue weighted by molar-refractivity contribution is 8.57. The maximum Gasteiger partial charge on any atom is 0.327 e. The predicted molar refractivity (Wildman–Crippen MR) is 440 cm³/mol. The first-order chi connectivity index (χ1) is 57.5. The number of amides is 3. The van der Waals surface area contributed by atoms with Crippen molar-refractivity contribution in [1.82, 2.24) is 83.6 Å². The molecule has 2 aromatic carbocycles. The number of esters is 3. The standard InChI is InChI=1S/C25H38N7O10PS.C25H32N5O8PS.C23H28N5O8PS/c1-12(2)41-22(35)13(3)29-43(38,44-10-15-21(34)31(7)24(36)30(15)6)40-9-16-18(33)25(5,37)23(42-16)32-11-26-17-19(32)27-14(4)28-20(17)39-8;1-14(16-8-6-5-7-9-16)37-23(32)17-10-11-40-39(34,29-17)36-12-18-20(31)25(3,33)24(38-18)30-13-26-19-21(30)27-15(2)28-22(19)35-4;1-12(14-7-5-4-6-8-14)35-21(31)15-10-38-37(33,27-15)34-9-16-18(29)23(3,32)22(36-16)28-11-24-17-19(28)25-13(2)26-20(17)30/h11-13,15-16,18,23,33,37H,9-10H2,1-8H3,(H,29,38);5-9,13-14,17-18,20,24,31,33H,10-12H2,1-4H3,(H,29,34);4-8,11-12,15-16,18,22,29,32H,9-10H2,1-3H3,(H,27,33)(H,25,26,30)/t13?,15?,16-,18-,23?,25-,43?;14?,17?,18-,20-,24?,25-,39?;12?,15?,16-,18-,22?,23-,37?/m111/s1. The van der Waals surface area contributed by atoms with Crippen molar-refractivity contribution in [2.45, 2.75) is 197 Å². The van der Waals surface area contributed by atoms with Crippen molar-refractivity contribution in [1.29, 1.82) is 0 Å². The molecule has 0 aliphatic carbocycles. The van der Waals surface area contributed by atoms with Crippen molar-refractivity contribution in [3.63, 3.8) is 0 Å². The zero-order chi connectivity index (χ0) is 88.6. The summed E-state index contributed by atoms with van der Waals surface area (Å²) in [6.07, 6.45) is -7.99. The number of likely N-dealkylation sites (N-methyl/N-ethyl adjacent to an activating group) is 2. The van der Waals surface area contributed by atoms with Gasteiger partial charge in [0, 0.05) is 31.4 Å². The molecule has 12 unspecified atom stereocenters. The number of hydrogen-bond donors (Lipinski definition) is 10. The fraction of sp³-hybridized carbons (Fsp3) is 0.562. The number of rotatable bonds is 27. The van der Waals surface area contributed by atoms with Gasteiger partial charge in [-0.25, -0.2) is 50.0 Å². The van der Waals surface area contributed by atoms with Crippen molar-refractivity contribution >= 4 is 118 Å². The molecule has 21 atom stereocenters. The average Bonchev–Trinajstić information content (AvgIpc) is 1.60. The highest BCUT2D eigenvalue weighted by Gasteiger charge is 2.58. The molecule has 0 saturated carbocycles. The van der Waals surface area contributed by atoms with E-state index in [0.29, 0.717) is 63.4 Å². The van der Waals surface area contributed by atoms with Crippen molar-refractivity contribution in [2.75, 3.05) is 65.4 Å². The second-order valence-electron chi connectivity index (χ2n) is 30.4. The van der Waals surface area contributed by atoms with Crippen molar-refractivity contribution < 1.29 is 120 Å². The van der Waals surface area contributed by atoms with E-state index in [1.165, 1.54) is 93.6 Å². The molecule has 0 spiro atoms. The number of aliphatic hydroxyl groups excluding tert-OH is 3. The van der Waals surface area contributed by atoms with E-state index in [4.69, 9.17) is 51.5 Å². The number of imidazole rings is 3. The van der Waals surface area contributed by atoms with Crippen LogP contribution >= 0.6 is 54.3 Å². The van der Waals surface area contributed by atoms with E-state index in [1.807, 2.05) is 60.7 Å². The number of carbonyl (C=O) groups is 5. The Hall–Kier alpha value is -8.02. The number of H-pyrrole nitrogens is 1. The summed E-state index contributed by atoms with van der Waals surface area (Å²) in [7, 11) is 5.69. The van der Waals surface area contributed by atoms with Crippen LogP contribution in [0.25, 0.3) is 33.5 Å². The van der Waals surface area contributed by atoms with Crippen LogP contribution < -0.4 is 30.3 Å². The third kappa shape index (κ3) is 19.9. The number of hydrogen-bond acceptors (Lipinski definition) is 37. The van der Waals surface area contributed by atoms with Crippen molar-refractivity contribution in [3.05, 3.63) is 119 Å². The van der Waals surface area contributed by atoms with Gasteiger partial charge in [0.15, 0.2) is 52.2 Å². The van der Waals surface area contributed by atoms with Crippen LogP contribution in [0.4, 0.5) is 4.79 Å². The first-order valence-corrected chi connectivity index (χ1v) is 48.0. The highest BCUT2D eigenvalue weighted by atomic mass is 32.7. The first kappa shape index (κ1) is 93.1. The summed E-state index contributed by atoms with van der Waals surface area (Å²) in [5, 5.41) is 74.6. The molecule has 6 aliphatic rings. The summed E-state index contributed by atoms with van der Waals surface area (Å²) >= 11 is 2.73. The van der Waals surface area contributed by atoms with Gasteiger partial charge in [-0.05, 0) is 93.7 Å². The number of nitrogens with zero attached hydrogens (tertiary/aromatic N) is 13. The maximum atomic E-state index is 14.1. The van der Waals surface area contributed by atoms with Crippen LogP contribution in [0.5, 0.6) is 11.8 Å². The van der Waals surface area contributed by atoms with E-state index in [1.54, 1.807) is 48.5 Å². The molecule has 6 saturated heterocycles. The maximum absolute atomic E-state index is 14.1. The molecular weight excluding hydrogens is 1720 g/mol. The Balaban J connectivity index is 0.000000168. The molecule has 8 aromatic rings. The van der Waals surface area contributed by atoms with Gasteiger partial charge in [-0.1, -0.05) is 94.8 Å². The summed E-state index contributed by atoms with van der Waals surface area (Å²) in [5.41, 5.74) is -2.67. The van der Waals surface area contributed by atoms with Gasteiger partial charge in [0.1, 0.15) is 107 Å². The lowest BCUT2D eigenvalue weighted by atomic mass is 9.96. The monoisotopic (exact) mass is 1820 g/mol. The number of fused-ring (bicyclic) bond motifs is 3. The number of methoxy groups -OCH3 is 2. The summed E-state index contributed by atoms with van der Waals surface area (Å²) in [6.45, 7) is 5.13. The largest absolute Gasteiger partial charge is 0.479 e. The first-order valence-electron chi connectivity index (χ1n) is 38.4. The second-order valence-corrected chi connectivity index (χ2v) is 43.4. The molecular formula is C73H98N17O26P3S3. The van der Waals surface area contributed by atoms with Gasteiger partial charge < -0.3 is 92.0 Å². The van der Waals surface area contributed by atoms with Gasteiger partial charge in [-0.15, -0.1) is 0 Å². The fourth-order valence-electron chi connectivity index (χ4n) is 14.0. The van der Waals surface area contributed by atoms with Gasteiger partial charge >= 0.3 is 44.1 Å². The number of nitrogens with one attached hydrogen (secondary N) is 4. The molecule has 6 aliphatic heterocycles. The summed E-state index contributed by atoms with van der Waals surface area (Å²) in [5.74, 6) is -0.173. The molecule has 6 fully saturated rings. The number of aromatic amines is 1. The molecule has 3 amide bonds. The molecule has 664 valence electrons. The molecule has 6 aromatic heterocycles. The van der Waals surface area contributed by atoms with Crippen LogP contribution in [0.2, 0.25) is 0 Å². The van der Waals surface area contributed by atoms with Gasteiger partial charge in [0.05, 0.1) is 59.1 Å². The van der Waals surface area contributed by atoms with Crippen LogP contribution in [-0.4, -0.2) is 278 Å². The molecule has 0 bridgehead atoms. The minimum Gasteiger partial charge on any atom is -0.479 e. The molecule has 0 radical (unpaired) electrons. The van der Waals surface area contributed by atoms with Crippen LogP contribution in [0.3, 0.4) is 0 Å². The summed E-state index contributed by atoms with van der Waals surface area (Å²) in [4.78, 5) is 114. The van der Waals surface area contributed by atoms with Gasteiger partial charge in [-0.3, -0.25) is 56.3 Å². The van der Waals surface area contributed by atoms with E-state index >= 15 is 0 Å². The van der Waals surface area contributed by atoms with Crippen LogP contribution in [0, 0.1) is 20.8 Å². The Morgan fingerprint density at radius 1 is 0.631 bits per heavy atom. The normalized spacial score (nSPS) is 30.2. The molecule has 49 heteroatoms. The summed E-state index contributed by atoms with van der Waals surface area (Å²) < 4.78 is 107. The number of imide groups is 1. The molecule has 122 heavy (non-hydrogen) atoms. The Labute approximate surface area is 710 Å². The highest BCUT2D eigenvalue weighted by Crippen LogP contribution is 2.62. The van der Waals surface area contributed by atoms with Gasteiger partial charge in [0.25, 0.3) is 11.5 Å². The lowest BCUT2D eigenvalue weighted by molar-refractivity contribution is -0.151. The molecule has 43 nitrogen and oxygen atoms in total. The fourth-order valence-corrected chi connectivity index (χ4v) is 25.6. The van der Waals surface area contributed by atoms with E-state index in [-0.39, 0.29) is 47.6 Å². The minimum absolute atomic E-state index is 0.0553. The van der Waals surface area contributed by atoms with E-state index in [9.17, 15) is 73.1 Å². The third-order valence-corrected chi connectivity index (χ3v) is 32.9. The smallest absolute Gasteiger partial charge is 0.327 e. The predicted octanol–water partition coefficient (Wildman–Crippen LogP) is 5.08. The number of aromatic nitrogens is 12. The summed E-state index contributed by atoms with van der Waals surface area (Å²) in [6, 6.07) is 14.4. The Morgan fingerprint density at radius 3 is 1.52 bits per heavy atom.